The van der Waals surface area contributed by atoms with Crippen molar-refractivity contribution in [2.45, 2.75) is 45.6 Å². The average molecular weight is 1060 g/mol. The van der Waals surface area contributed by atoms with Gasteiger partial charge in [0.05, 0.1) is 16.2 Å². The number of hydrogen-bond acceptors (Lipinski definition) is 4. The number of nitrogens with zero attached hydrogens (tertiary/aromatic N) is 1. The van der Waals surface area contributed by atoms with Gasteiger partial charge in [0.2, 0.25) is 0 Å². The maximum atomic E-state index is 2.56. The van der Waals surface area contributed by atoms with E-state index < -0.39 is 16.2 Å². The van der Waals surface area contributed by atoms with Gasteiger partial charge in [-0.25, -0.2) is 0 Å². The zero-order chi connectivity index (χ0) is 51.6. The van der Waals surface area contributed by atoms with Crippen LogP contribution in [-0.4, -0.2) is 0 Å². The normalized spacial score (nSPS) is 15.5. The van der Waals surface area contributed by atoms with Gasteiger partial charge >= 0.3 is 0 Å². The van der Waals surface area contributed by atoms with Crippen LogP contribution < -0.4 is 4.90 Å². The monoisotopic (exact) mass is 1060 g/mol. The van der Waals surface area contributed by atoms with Gasteiger partial charge < -0.3 is 4.90 Å². The summed E-state index contributed by atoms with van der Waals surface area (Å²) in [5.41, 5.74) is 25.7. The van der Waals surface area contributed by atoms with Crippen LogP contribution in [-0.2, 0) is 16.2 Å². The number of hydrogen-bond donors (Lipinski definition) is 0. The van der Waals surface area contributed by atoms with Crippen LogP contribution in [0.25, 0.3) is 33.4 Å². The van der Waals surface area contributed by atoms with E-state index >= 15 is 0 Å². The molecule has 1 nitrogen and oxygen atoms in total. The molecule has 0 unspecified atom stereocenters. The standard InChI is InChI=1S/C75H45NS3/c1-4-22-55-49(19-1)52-43-46(37-40-58(52)73(55)61-25-7-13-31-67(61)77-68-32-14-8-26-62(68)73)76(47-38-41-59-53(44-47)50-20-2-5-23-56(50)74(59)63-27-9-15-33-69(63)78-70-34-16-10-28-64(70)74)48-39-42-60-54(45-48)51-21-3-6-24-57(51)75(60)65-29-11-17-35-71(65)79-72-36-18-12-30-66(72)75/h1-45H. The lowest BCUT2D eigenvalue weighted by Gasteiger charge is -2.40. The van der Waals surface area contributed by atoms with E-state index in [1.165, 1.54) is 130 Å². The van der Waals surface area contributed by atoms with Crippen LogP contribution in [0.1, 0.15) is 66.8 Å². The van der Waals surface area contributed by atoms with E-state index in [2.05, 4.69) is 278 Å². The molecule has 18 rings (SSSR count). The summed E-state index contributed by atoms with van der Waals surface area (Å²) in [6.07, 6.45) is 0. The Hall–Kier alpha value is -8.51. The van der Waals surface area contributed by atoms with E-state index in [1.54, 1.807) is 0 Å². The Balaban J connectivity index is 0.905. The molecule has 3 aliphatic carbocycles. The number of rotatable bonds is 3. The number of benzene rings is 12. The molecule has 3 heterocycles. The highest BCUT2D eigenvalue weighted by Crippen LogP contribution is 2.67. The van der Waals surface area contributed by atoms with Crippen molar-refractivity contribution in [3.8, 4) is 33.4 Å². The summed E-state index contributed by atoms with van der Waals surface area (Å²) in [5.74, 6) is 0. The Bertz CT molecular complexity index is 4040. The Morgan fingerprint density at radius 3 is 0.646 bits per heavy atom. The molecule has 3 aliphatic heterocycles. The Labute approximate surface area is 472 Å². The zero-order valence-electron chi connectivity index (χ0n) is 42.7. The fourth-order valence-corrected chi connectivity index (χ4v) is 19.0. The SMILES string of the molecule is c1ccc2c(c1)Sc1ccccc1C21c2ccccc2-c2cc(N(c3ccc4c(c3)-c3ccccc3C43c4ccccc4Sc4ccccc43)c3ccc4c(c3)-c3ccccc3C43c4ccccc4Sc4ccccc43)ccc21. The van der Waals surface area contributed by atoms with E-state index in [0.29, 0.717) is 0 Å². The Morgan fingerprint density at radius 2 is 0.392 bits per heavy atom. The Kier molecular flexibility index (Phi) is 9.17. The molecule has 79 heavy (non-hydrogen) atoms. The first-order valence-electron chi connectivity index (χ1n) is 27.3. The first-order valence-corrected chi connectivity index (χ1v) is 29.8. The second-order valence-corrected chi connectivity index (χ2v) is 24.9. The van der Waals surface area contributed by atoms with Crippen molar-refractivity contribution in [2.24, 2.45) is 0 Å². The predicted octanol–water partition coefficient (Wildman–Crippen LogP) is 19.6. The molecule has 4 heteroatoms. The predicted molar refractivity (Wildman–Crippen MR) is 325 cm³/mol. The van der Waals surface area contributed by atoms with Gasteiger partial charge in [0.25, 0.3) is 0 Å². The van der Waals surface area contributed by atoms with Gasteiger partial charge in [-0.2, -0.15) is 0 Å². The topological polar surface area (TPSA) is 3.24 Å². The van der Waals surface area contributed by atoms with Crippen LogP contribution >= 0.6 is 35.3 Å². The highest BCUT2D eigenvalue weighted by Gasteiger charge is 2.53. The van der Waals surface area contributed by atoms with Crippen molar-refractivity contribution >= 4 is 52.3 Å². The molecule has 0 fully saturated rings. The van der Waals surface area contributed by atoms with Gasteiger partial charge in [-0.15, -0.1) is 0 Å². The van der Waals surface area contributed by atoms with E-state index in [1.807, 2.05) is 35.3 Å². The summed E-state index contributed by atoms with van der Waals surface area (Å²) in [4.78, 5) is 10.4. The van der Waals surface area contributed by atoms with Crippen molar-refractivity contribution in [1.82, 2.24) is 0 Å². The second-order valence-electron chi connectivity index (χ2n) is 21.7. The molecule has 0 N–H and O–H groups in total. The molecule has 368 valence electrons. The summed E-state index contributed by atoms with van der Waals surface area (Å²) in [6.45, 7) is 0. The maximum Gasteiger partial charge on any atom is 0.0735 e. The number of fused-ring (bicyclic) bond motifs is 27. The summed E-state index contributed by atoms with van der Waals surface area (Å²) in [7, 11) is 0. The highest BCUT2D eigenvalue weighted by molar-refractivity contribution is 8.00. The second kappa shape index (κ2) is 16.3. The van der Waals surface area contributed by atoms with Gasteiger partial charge in [-0.05, 0) is 173 Å². The molecule has 0 amide bonds. The van der Waals surface area contributed by atoms with Crippen LogP contribution in [0.5, 0.6) is 0 Å². The third-order valence-corrected chi connectivity index (χ3v) is 21.7. The molecule has 12 aromatic rings. The summed E-state index contributed by atoms with van der Waals surface area (Å²) >= 11 is 5.69. The molecule has 0 radical (unpaired) electrons. The minimum atomic E-state index is -0.472. The van der Waals surface area contributed by atoms with Gasteiger partial charge in [-0.3, -0.25) is 0 Å². The van der Waals surface area contributed by atoms with Crippen molar-refractivity contribution < 1.29 is 0 Å². The summed E-state index contributed by atoms with van der Waals surface area (Å²) in [5, 5.41) is 0. The van der Waals surface area contributed by atoms with Crippen LogP contribution in [0.3, 0.4) is 0 Å². The smallest absolute Gasteiger partial charge is 0.0735 e. The molecule has 0 atom stereocenters. The van der Waals surface area contributed by atoms with Crippen LogP contribution in [0.15, 0.2) is 302 Å². The largest absolute Gasteiger partial charge is 0.310 e. The molecule has 0 bridgehead atoms. The lowest BCUT2D eigenvalue weighted by Crippen LogP contribution is -2.32. The van der Waals surface area contributed by atoms with E-state index in [0.717, 1.165) is 17.1 Å². The molecule has 0 saturated heterocycles. The lowest BCUT2D eigenvalue weighted by atomic mass is 9.67. The maximum absolute atomic E-state index is 2.56. The molecular formula is C75H45NS3. The van der Waals surface area contributed by atoms with Crippen molar-refractivity contribution in [3.05, 3.63) is 340 Å². The van der Waals surface area contributed by atoms with Crippen molar-refractivity contribution in [2.75, 3.05) is 4.90 Å². The van der Waals surface area contributed by atoms with Gasteiger partial charge in [0.15, 0.2) is 0 Å². The molecule has 0 aromatic heterocycles. The summed E-state index contributed by atoms with van der Waals surface area (Å²) < 4.78 is 0. The molecule has 12 aromatic carbocycles. The molecular weight excluding hydrogens is 1010 g/mol. The minimum absolute atomic E-state index is 0.472. The first kappa shape index (κ1) is 44.5. The minimum Gasteiger partial charge on any atom is -0.310 e. The van der Waals surface area contributed by atoms with E-state index in [9.17, 15) is 0 Å². The Morgan fingerprint density at radius 1 is 0.190 bits per heavy atom. The van der Waals surface area contributed by atoms with Gasteiger partial charge in [-0.1, -0.05) is 235 Å². The zero-order valence-corrected chi connectivity index (χ0v) is 45.1. The summed E-state index contributed by atoms with van der Waals surface area (Å²) in [6, 6.07) is 104. The van der Waals surface area contributed by atoms with Gasteiger partial charge in [0.1, 0.15) is 0 Å². The average Bonchev–Trinajstić information content (AvgIpc) is 3.85. The van der Waals surface area contributed by atoms with Crippen molar-refractivity contribution in [1.29, 1.82) is 0 Å². The fourth-order valence-electron chi connectivity index (χ4n) is 15.4. The van der Waals surface area contributed by atoms with Crippen LogP contribution in [0.4, 0.5) is 17.1 Å². The van der Waals surface area contributed by atoms with Crippen molar-refractivity contribution in [3.63, 3.8) is 0 Å². The first-order chi connectivity index (χ1) is 39.2. The third kappa shape index (κ3) is 5.61. The third-order valence-electron chi connectivity index (χ3n) is 18.3. The van der Waals surface area contributed by atoms with Crippen LogP contribution in [0.2, 0.25) is 0 Å². The fraction of sp³-hybridized carbons (Fsp3) is 0.0400. The van der Waals surface area contributed by atoms with E-state index in [4.69, 9.17) is 0 Å². The molecule has 6 aliphatic rings. The number of anilines is 3. The van der Waals surface area contributed by atoms with E-state index in [-0.39, 0.29) is 0 Å². The van der Waals surface area contributed by atoms with Crippen LogP contribution in [0, 0.1) is 0 Å². The molecule has 0 saturated carbocycles. The van der Waals surface area contributed by atoms with Gasteiger partial charge in [0, 0.05) is 46.4 Å². The quantitative estimate of drug-likeness (QED) is 0.173. The molecule has 3 spiro atoms. The lowest BCUT2D eigenvalue weighted by molar-refractivity contribution is 0.722. The highest BCUT2D eigenvalue weighted by atomic mass is 32.2.